The van der Waals surface area contributed by atoms with Gasteiger partial charge in [0, 0.05) is 48.0 Å². The van der Waals surface area contributed by atoms with Crippen molar-refractivity contribution in [1.82, 2.24) is 10.2 Å². The van der Waals surface area contributed by atoms with E-state index in [1.54, 1.807) is 0 Å². The predicted molar refractivity (Wildman–Crippen MR) is 60.0 cm³/mol. The molecule has 0 aromatic rings. The Balaban J connectivity index is 1.83. The first kappa shape index (κ1) is 10.6. The highest BCUT2D eigenvalue weighted by molar-refractivity contribution is 7.85. The zero-order chi connectivity index (χ0) is 9.80. The Morgan fingerprint density at radius 1 is 1.21 bits per heavy atom. The number of nitrogens with zero attached hydrogens (tertiary/aromatic N) is 1. The molecule has 14 heavy (non-hydrogen) atoms. The molecule has 82 valence electrons. The van der Waals surface area contributed by atoms with Crippen LogP contribution in [0.4, 0.5) is 0 Å². The molecule has 2 saturated heterocycles. The summed E-state index contributed by atoms with van der Waals surface area (Å²) in [6.07, 6.45) is 3.98. The van der Waals surface area contributed by atoms with Gasteiger partial charge < -0.3 is 5.32 Å². The van der Waals surface area contributed by atoms with E-state index >= 15 is 0 Å². The largest absolute Gasteiger partial charge is 0.315 e. The van der Waals surface area contributed by atoms with Crippen LogP contribution < -0.4 is 5.32 Å². The van der Waals surface area contributed by atoms with Crippen molar-refractivity contribution in [1.29, 1.82) is 0 Å². The Bertz CT molecular complexity index is 192. The van der Waals surface area contributed by atoms with Crippen molar-refractivity contribution in [2.75, 3.05) is 37.7 Å². The van der Waals surface area contributed by atoms with E-state index in [0.29, 0.717) is 6.04 Å². The van der Waals surface area contributed by atoms with Crippen LogP contribution in [0, 0.1) is 0 Å². The summed E-state index contributed by atoms with van der Waals surface area (Å²) in [5, 5.41) is 3.49. The van der Waals surface area contributed by atoms with Crippen LogP contribution in [0.5, 0.6) is 0 Å². The van der Waals surface area contributed by atoms with Crippen LogP contribution in [0.1, 0.15) is 19.3 Å². The van der Waals surface area contributed by atoms with Gasteiger partial charge in [-0.2, -0.15) is 0 Å². The summed E-state index contributed by atoms with van der Waals surface area (Å²) in [6, 6.07) is 0.704. The monoisotopic (exact) mass is 216 g/mol. The molecule has 3 nitrogen and oxygen atoms in total. The fourth-order valence-electron chi connectivity index (χ4n) is 2.33. The average Bonchev–Trinajstić information content (AvgIpc) is 2.47. The van der Waals surface area contributed by atoms with Crippen molar-refractivity contribution in [3.63, 3.8) is 0 Å². The zero-order valence-corrected chi connectivity index (χ0v) is 9.52. The van der Waals surface area contributed by atoms with Gasteiger partial charge in [0.1, 0.15) is 0 Å². The summed E-state index contributed by atoms with van der Waals surface area (Å²) in [5.41, 5.74) is 0. The molecule has 1 unspecified atom stereocenters. The van der Waals surface area contributed by atoms with Gasteiger partial charge in [0.05, 0.1) is 0 Å². The molecule has 4 heteroatoms. The van der Waals surface area contributed by atoms with Gasteiger partial charge in [-0.15, -0.1) is 0 Å². The molecule has 2 fully saturated rings. The van der Waals surface area contributed by atoms with Gasteiger partial charge in [-0.05, 0) is 19.4 Å². The second-order valence-corrected chi connectivity index (χ2v) is 5.93. The quantitative estimate of drug-likeness (QED) is 0.679. The van der Waals surface area contributed by atoms with E-state index < -0.39 is 10.8 Å². The van der Waals surface area contributed by atoms with E-state index in [-0.39, 0.29) is 0 Å². The maximum atomic E-state index is 11.2. The van der Waals surface area contributed by atoms with Gasteiger partial charge >= 0.3 is 0 Å². The average molecular weight is 216 g/mol. The van der Waals surface area contributed by atoms with Crippen molar-refractivity contribution >= 4 is 10.8 Å². The Morgan fingerprint density at radius 2 is 2.00 bits per heavy atom. The van der Waals surface area contributed by atoms with Gasteiger partial charge in [-0.3, -0.25) is 9.11 Å². The molecule has 1 N–H and O–H groups in total. The van der Waals surface area contributed by atoms with Crippen LogP contribution >= 0.6 is 0 Å². The van der Waals surface area contributed by atoms with Gasteiger partial charge in [-0.1, -0.05) is 6.42 Å². The molecular weight excluding hydrogens is 196 g/mol. The molecule has 1 atom stereocenters. The summed E-state index contributed by atoms with van der Waals surface area (Å²) in [7, 11) is -0.532. The smallest absolute Gasteiger partial charge is 0.0363 e. The standard InChI is InChI=1S/C10H20N2OS/c13-14-7-5-12(6-8-14)10-3-1-2-4-11-9-10/h10-11H,1-9H2. The van der Waals surface area contributed by atoms with Gasteiger partial charge in [0.15, 0.2) is 0 Å². The topological polar surface area (TPSA) is 32.3 Å². The van der Waals surface area contributed by atoms with Gasteiger partial charge in [-0.25, -0.2) is 0 Å². The minimum atomic E-state index is -0.532. The fourth-order valence-corrected chi connectivity index (χ4v) is 3.41. The number of hydrogen-bond donors (Lipinski definition) is 1. The summed E-state index contributed by atoms with van der Waals surface area (Å²) < 4.78 is 11.2. The molecule has 0 saturated carbocycles. The molecule has 0 radical (unpaired) electrons. The molecule has 2 aliphatic heterocycles. The van der Waals surface area contributed by atoms with E-state index in [2.05, 4.69) is 10.2 Å². The Morgan fingerprint density at radius 3 is 2.79 bits per heavy atom. The van der Waals surface area contributed by atoms with Crippen molar-refractivity contribution in [3.8, 4) is 0 Å². The van der Waals surface area contributed by atoms with Crippen LogP contribution in [-0.4, -0.2) is 52.8 Å². The van der Waals surface area contributed by atoms with Gasteiger partial charge in [0.2, 0.25) is 0 Å². The maximum absolute atomic E-state index is 11.2. The SMILES string of the molecule is O=S1CCN(C2CCCCNC2)CC1. The van der Waals surface area contributed by atoms with E-state index in [1.165, 1.54) is 25.8 Å². The number of nitrogens with one attached hydrogen (secondary N) is 1. The highest BCUT2D eigenvalue weighted by Crippen LogP contribution is 2.13. The van der Waals surface area contributed by atoms with E-state index in [0.717, 1.165) is 31.1 Å². The highest BCUT2D eigenvalue weighted by atomic mass is 32.2. The van der Waals surface area contributed by atoms with Crippen molar-refractivity contribution in [2.24, 2.45) is 0 Å². The minimum absolute atomic E-state index is 0.532. The van der Waals surface area contributed by atoms with Crippen LogP contribution in [0.15, 0.2) is 0 Å². The molecule has 0 aromatic heterocycles. The van der Waals surface area contributed by atoms with E-state index in [9.17, 15) is 4.21 Å². The lowest BCUT2D eigenvalue weighted by atomic mass is 10.1. The molecule has 0 amide bonds. The molecule has 2 heterocycles. The lowest BCUT2D eigenvalue weighted by Crippen LogP contribution is -2.47. The summed E-state index contributed by atoms with van der Waals surface area (Å²) in [4.78, 5) is 2.53. The molecule has 0 aromatic carbocycles. The van der Waals surface area contributed by atoms with E-state index in [1.807, 2.05) is 0 Å². The van der Waals surface area contributed by atoms with Crippen LogP contribution in [0.3, 0.4) is 0 Å². The predicted octanol–water partition coefficient (Wildman–Crippen LogP) is 0.193. The molecular formula is C10H20N2OS. The lowest BCUT2D eigenvalue weighted by Gasteiger charge is -2.33. The second kappa shape index (κ2) is 5.24. The highest BCUT2D eigenvalue weighted by Gasteiger charge is 2.23. The number of hydrogen-bond acceptors (Lipinski definition) is 3. The molecule has 2 rings (SSSR count). The second-order valence-electron chi connectivity index (χ2n) is 4.24. The molecule has 2 aliphatic rings. The third-order valence-corrected chi connectivity index (χ3v) is 4.53. The third-order valence-electron chi connectivity index (χ3n) is 3.25. The van der Waals surface area contributed by atoms with Crippen LogP contribution in [0.2, 0.25) is 0 Å². The van der Waals surface area contributed by atoms with Crippen molar-refractivity contribution in [3.05, 3.63) is 0 Å². The summed E-state index contributed by atoms with van der Waals surface area (Å²) >= 11 is 0. The summed E-state index contributed by atoms with van der Waals surface area (Å²) in [5.74, 6) is 1.77. The third kappa shape index (κ3) is 2.78. The molecule has 0 aliphatic carbocycles. The van der Waals surface area contributed by atoms with Gasteiger partial charge in [0.25, 0.3) is 0 Å². The molecule has 0 bridgehead atoms. The van der Waals surface area contributed by atoms with Crippen LogP contribution in [-0.2, 0) is 10.8 Å². The Labute approximate surface area is 88.7 Å². The Hall–Kier alpha value is 0.0700. The zero-order valence-electron chi connectivity index (χ0n) is 8.71. The van der Waals surface area contributed by atoms with Crippen LogP contribution in [0.25, 0.3) is 0 Å². The fraction of sp³-hybridized carbons (Fsp3) is 1.00. The first-order chi connectivity index (χ1) is 6.86. The van der Waals surface area contributed by atoms with Crippen molar-refractivity contribution in [2.45, 2.75) is 25.3 Å². The summed E-state index contributed by atoms with van der Waals surface area (Å²) in [6.45, 7) is 4.39. The minimum Gasteiger partial charge on any atom is -0.315 e. The van der Waals surface area contributed by atoms with Crippen molar-refractivity contribution < 1.29 is 4.21 Å². The first-order valence-electron chi connectivity index (χ1n) is 5.66. The maximum Gasteiger partial charge on any atom is 0.0363 e. The first-order valence-corrected chi connectivity index (χ1v) is 7.15. The lowest BCUT2D eigenvalue weighted by molar-refractivity contribution is 0.204. The Kier molecular flexibility index (Phi) is 3.96. The van der Waals surface area contributed by atoms with E-state index in [4.69, 9.17) is 0 Å². The normalized spacial score (nSPS) is 32.7. The molecule has 0 spiro atoms. The number of rotatable bonds is 1.